The number of carbonyl (C=O) groups excluding carboxylic acids is 1. The molecule has 0 fully saturated rings. The van der Waals surface area contributed by atoms with Crippen LogP contribution >= 0.6 is 11.3 Å². The molecular weight excluding hydrogens is 412 g/mol. The van der Waals surface area contributed by atoms with Gasteiger partial charge in [0.25, 0.3) is 16.4 Å². The van der Waals surface area contributed by atoms with Crippen molar-refractivity contribution >= 4 is 38.1 Å². The number of anilines is 2. The number of rotatable bonds is 7. The first-order chi connectivity index (χ1) is 13.2. The van der Waals surface area contributed by atoms with E-state index in [4.69, 9.17) is 0 Å². The molecule has 148 valence electrons. The molecule has 0 saturated heterocycles. The third kappa shape index (κ3) is 4.70. The minimum Gasteiger partial charge on any atom is -0.324 e. The summed E-state index contributed by atoms with van der Waals surface area (Å²) in [5.74, 6) is -0.483. The lowest BCUT2D eigenvalue weighted by molar-refractivity contribution is -0.117. The van der Waals surface area contributed by atoms with Crippen molar-refractivity contribution in [1.82, 2.24) is 14.8 Å². The fourth-order valence-electron chi connectivity index (χ4n) is 2.30. The summed E-state index contributed by atoms with van der Waals surface area (Å²) in [7, 11) is -3.79. The number of sulfonamides is 1. The topological polar surface area (TPSA) is 106 Å². The van der Waals surface area contributed by atoms with Crippen molar-refractivity contribution in [2.45, 2.75) is 24.8 Å². The van der Waals surface area contributed by atoms with E-state index >= 15 is 0 Å². The number of hydrogen-bond acceptors (Lipinski definition) is 6. The second-order valence-electron chi connectivity index (χ2n) is 5.68. The molecule has 0 aliphatic rings. The summed E-state index contributed by atoms with van der Waals surface area (Å²) in [5.41, 5.74) is 0.393. The van der Waals surface area contributed by atoms with Gasteiger partial charge in [-0.05, 0) is 37.3 Å². The van der Waals surface area contributed by atoms with E-state index in [9.17, 15) is 22.0 Å². The molecule has 1 amide bonds. The van der Waals surface area contributed by atoms with Crippen molar-refractivity contribution < 1.29 is 22.0 Å². The van der Waals surface area contributed by atoms with E-state index in [1.807, 2.05) is 0 Å². The first-order valence-corrected chi connectivity index (χ1v) is 10.3. The lowest BCUT2D eigenvalue weighted by atomic mass is 10.3. The summed E-state index contributed by atoms with van der Waals surface area (Å²) < 4.78 is 53.4. The Morgan fingerprint density at radius 3 is 2.57 bits per heavy atom. The molecule has 0 unspecified atom stereocenters. The zero-order valence-corrected chi connectivity index (χ0v) is 16.1. The molecule has 0 radical (unpaired) electrons. The van der Waals surface area contributed by atoms with Crippen LogP contribution in [0.5, 0.6) is 0 Å². The van der Waals surface area contributed by atoms with Crippen molar-refractivity contribution in [3.05, 3.63) is 53.3 Å². The van der Waals surface area contributed by atoms with Crippen molar-refractivity contribution in [2.24, 2.45) is 0 Å². The van der Waals surface area contributed by atoms with Gasteiger partial charge in [0.2, 0.25) is 5.91 Å². The van der Waals surface area contributed by atoms with E-state index in [1.54, 1.807) is 12.3 Å². The van der Waals surface area contributed by atoms with E-state index < -0.39 is 28.0 Å². The number of nitrogens with one attached hydrogen (secondary N) is 2. The number of aromatic nitrogens is 3. The normalized spacial score (nSPS) is 11.6. The van der Waals surface area contributed by atoms with E-state index in [-0.39, 0.29) is 16.6 Å². The third-order valence-corrected chi connectivity index (χ3v) is 5.79. The smallest absolute Gasteiger partial charge is 0.282 e. The summed E-state index contributed by atoms with van der Waals surface area (Å²) in [5, 5.41) is 8.14. The van der Waals surface area contributed by atoms with Crippen LogP contribution in [0.15, 0.2) is 46.8 Å². The molecule has 0 saturated carbocycles. The van der Waals surface area contributed by atoms with Crippen LogP contribution in [0.25, 0.3) is 0 Å². The predicted octanol–water partition coefficient (Wildman–Crippen LogP) is 3.03. The van der Waals surface area contributed by atoms with Crippen LogP contribution < -0.4 is 10.0 Å². The number of benzene rings is 1. The summed E-state index contributed by atoms with van der Waals surface area (Å²) in [4.78, 5) is 16.0. The SMILES string of the molecule is Cc1cc(C(F)F)nn1CC(=O)Nc1ccc(S(=O)(=O)Nc2nccs2)cc1. The Kier molecular flexibility index (Phi) is 5.70. The van der Waals surface area contributed by atoms with Gasteiger partial charge in [-0.25, -0.2) is 22.2 Å². The average Bonchev–Trinajstić information content (AvgIpc) is 3.25. The molecule has 3 rings (SSSR count). The fourth-order valence-corrected chi connectivity index (χ4v) is 4.09. The Bertz CT molecular complexity index is 1060. The molecule has 0 atom stereocenters. The largest absolute Gasteiger partial charge is 0.324 e. The van der Waals surface area contributed by atoms with Crippen LogP contribution in [0, 0.1) is 6.92 Å². The summed E-state index contributed by atoms with van der Waals surface area (Å²) in [6, 6.07) is 6.73. The Morgan fingerprint density at radius 2 is 2.00 bits per heavy atom. The molecular formula is C16H15F2N5O3S2. The van der Waals surface area contributed by atoms with Crippen LogP contribution in [0.1, 0.15) is 17.8 Å². The Hall–Kier alpha value is -2.86. The maximum absolute atomic E-state index is 12.7. The number of thiazole rings is 1. The molecule has 28 heavy (non-hydrogen) atoms. The number of nitrogens with zero attached hydrogens (tertiary/aromatic N) is 3. The zero-order valence-electron chi connectivity index (χ0n) is 14.5. The quantitative estimate of drug-likeness (QED) is 0.603. The van der Waals surface area contributed by atoms with Gasteiger partial charge in [0.1, 0.15) is 12.2 Å². The lowest BCUT2D eigenvalue weighted by Crippen LogP contribution is -2.20. The van der Waals surface area contributed by atoms with Crippen LogP contribution in [0.3, 0.4) is 0 Å². The predicted molar refractivity (Wildman–Crippen MR) is 99.9 cm³/mol. The zero-order chi connectivity index (χ0) is 20.3. The number of carbonyl (C=O) groups is 1. The van der Waals surface area contributed by atoms with E-state index in [0.29, 0.717) is 11.4 Å². The molecule has 2 heterocycles. The molecule has 0 aliphatic heterocycles. The third-order valence-electron chi connectivity index (χ3n) is 3.62. The summed E-state index contributed by atoms with van der Waals surface area (Å²) in [6.07, 6.45) is -1.23. The van der Waals surface area contributed by atoms with Crippen LogP contribution in [0.4, 0.5) is 19.6 Å². The van der Waals surface area contributed by atoms with Crippen molar-refractivity contribution in [3.63, 3.8) is 0 Å². The maximum Gasteiger partial charge on any atom is 0.282 e. The summed E-state index contributed by atoms with van der Waals surface area (Å²) in [6.45, 7) is 1.32. The van der Waals surface area contributed by atoms with Gasteiger partial charge >= 0.3 is 0 Å². The highest BCUT2D eigenvalue weighted by Gasteiger charge is 2.17. The Labute approximate surface area is 163 Å². The minimum atomic E-state index is -3.79. The fraction of sp³-hybridized carbons (Fsp3) is 0.188. The van der Waals surface area contributed by atoms with Crippen molar-refractivity contribution in [1.29, 1.82) is 0 Å². The first kappa shape index (κ1) is 19.9. The van der Waals surface area contributed by atoms with Gasteiger partial charge in [0, 0.05) is 23.0 Å². The molecule has 8 nitrogen and oxygen atoms in total. The molecule has 12 heteroatoms. The van der Waals surface area contributed by atoms with Crippen LogP contribution in [-0.4, -0.2) is 29.1 Å². The summed E-state index contributed by atoms with van der Waals surface area (Å²) >= 11 is 1.15. The monoisotopic (exact) mass is 427 g/mol. The molecule has 0 aliphatic carbocycles. The Morgan fingerprint density at radius 1 is 1.29 bits per heavy atom. The average molecular weight is 427 g/mol. The second-order valence-corrected chi connectivity index (χ2v) is 8.26. The molecule has 3 aromatic rings. The molecule has 1 aromatic carbocycles. The van der Waals surface area contributed by atoms with Crippen molar-refractivity contribution in [3.8, 4) is 0 Å². The van der Waals surface area contributed by atoms with Crippen molar-refractivity contribution in [2.75, 3.05) is 10.0 Å². The molecule has 2 aromatic heterocycles. The molecule has 0 bridgehead atoms. The van der Waals surface area contributed by atoms with Gasteiger partial charge in [0.15, 0.2) is 5.13 Å². The van der Waals surface area contributed by atoms with Gasteiger partial charge in [-0.3, -0.25) is 14.2 Å². The highest BCUT2D eigenvalue weighted by molar-refractivity contribution is 7.93. The minimum absolute atomic E-state index is 0.00481. The van der Waals surface area contributed by atoms with Gasteiger partial charge in [0.05, 0.1) is 4.90 Å². The van der Waals surface area contributed by atoms with Crippen LogP contribution in [0.2, 0.25) is 0 Å². The number of halogens is 2. The number of hydrogen-bond donors (Lipinski definition) is 2. The Balaban J connectivity index is 1.64. The number of aryl methyl sites for hydroxylation is 1. The van der Waals surface area contributed by atoms with E-state index in [1.165, 1.54) is 41.2 Å². The standard InChI is InChI=1S/C16H15F2N5O3S2/c1-10-8-13(15(17)18)21-23(10)9-14(24)20-11-2-4-12(5-3-11)28(25,26)22-16-19-6-7-27-16/h2-8,15H,9H2,1H3,(H,19,22)(H,20,24). The van der Waals surface area contributed by atoms with E-state index in [0.717, 1.165) is 11.3 Å². The highest BCUT2D eigenvalue weighted by atomic mass is 32.2. The molecule has 0 spiro atoms. The lowest BCUT2D eigenvalue weighted by Gasteiger charge is -2.09. The number of amides is 1. The van der Waals surface area contributed by atoms with Gasteiger partial charge in [-0.1, -0.05) is 0 Å². The second kappa shape index (κ2) is 8.02. The van der Waals surface area contributed by atoms with E-state index in [2.05, 4.69) is 20.1 Å². The maximum atomic E-state index is 12.7. The number of alkyl halides is 2. The van der Waals surface area contributed by atoms with Gasteiger partial charge in [-0.2, -0.15) is 5.10 Å². The van der Waals surface area contributed by atoms with Gasteiger partial charge in [-0.15, -0.1) is 11.3 Å². The van der Waals surface area contributed by atoms with Crippen LogP contribution in [-0.2, 0) is 21.4 Å². The highest BCUT2D eigenvalue weighted by Crippen LogP contribution is 2.20. The first-order valence-electron chi connectivity index (χ1n) is 7.89. The van der Waals surface area contributed by atoms with Gasteiger partial charge < -0.3 is 5.32 Å². The molecule has 2 N–H and O–H groups in total.